The van der Waals surface area contributed by atoms with Crippen molar-refractivity contribution in [1.29, 1.82) is 0 Å². The Hall–Kier alpha value is -8.46. The summed E-state index contributed by atoms with van der Waals surface area (Å²) < 4.78 is 2.12. The fourth-order valence-electron chi connectivity index (χ4n) is 9.34. The average molecular weight is 776 g/mol. The van der Waals surface area contributed by atoms with Crippen LogP contribution in [0, 0.1) is 6.57 Å². The first kappa shape index (κ1) is 34.6. The Morgan fingerprint density at radius 2 is 0.787 bits per heavy atom. The standard InChI is InChI=1S/C56H33N5/c1-57-40-29-31-50-48(34-40)47-33-39(28-30-49(47)61(50)56-59-54(35-16-4-2-5-17-35)58-55(60-56)36-18-6-3-7-19-36)51-43-24-12-14-26-45(43)53(46-27-15-13-25-44(46)51)52-41-22-10-8-20-37(41)32-38-21-9-11-23-42(38)52/h2-34H. The van der Waals surface area contributed by atoms with E-state index in [-0.39, 0.29) is 0 Å². The molecule has 5 heteroatoms. The Balaban J connectivity index is 1.15. The van der Waals surface area contributed by atoms with Crippen molar-refractivity contribution >= 4 is 70.6 Å². The molecule has 0 saturated heterocycles. The van der Waals surface area contributed by atoms with Gasteiger partial charge in [-0.2, -0.15) is 9.97 Å². The maximum Gasteiger partial charge on any atom is 0.238 e. The van der Waals surface area contributed by atoms with Gasteiger partial charge in [0.1, 0.15) is 0 Å². The van der Waals surface area contributed by atoms with Gasteiger partial charge in [-0.1, -0.05) is 170 Å². The van der Waals surface area contributed by atoms with Gasteiger partial charge in [-0.05, 0) is 101 Å². The topological polar surface area (TPSA) is 48.0 Å². The highest BCUT2D eigenvalue weighted by molar-refractivity contribution is 6.27. The van der Waals surface area contributed by atoms with Crippen LogP contribution in [0.25, 0.3) is 121 Å². The van der Waals surface area contributed by atoms with E-state index < -0.39 is 0 Å². The van der Waals surface area contributed by atoms with Gasteiger partial charge in [0.05, 0.1) is 17.6 Å². The van der Waals surface area contributed by atoms with Crippen molar-refractivity contribution in [2.75, 3.05) is 0 Å². The fraction of sp³-hybridized carbons (Fsp3) is 0. The molecule has 0 atom stereocenters. The van der Waals surface area contributed by atoms with Gasteiger partial charge in [-0.15, -0.1) is 0 Å². The summed E-state index contributed by atoms with van der Waals surface area (Å²) >= 11 is 0. The molecule has 0 radical (unpaired) electrons. The Morgan fingerprint density at radius 1 is 0.344 bits per heavy atom. The molecule has 0 saturated carbocycles. The minimum Gasteiger partial charge on any atom is -0.278 e. The summed E-state index contributed by atoms with van der Waals surface area (Å²) in [4.78, 5) is 19.1. The summed E-state index contributed by atoms with van der Waals surface area (Å²) in [6.45, 7) is 7.98. The number of aromatic nitrogens is 4. The molecule has 0 spiro atoms. The van der Waals surface area contributed by atoms with E-state index in [2.05, 4.69) is 131 Å². The minimum atomic E-state index is 0.513. The van der Waals surface area contributed by atoms with Crippen LogP contribution in [-0.4, -0.2) is 19.5 Å². The van der Waals surface area contributed by atoms with E-state index in [4.69, 9.17) is 21.5 Å². The van der Waals surface area contributed by atoms with Crippen LogP contribution in [0.5, 0.6) is 0 Å². The number of hydrogen-bond donors (Lipinski definition) is 0. The molecular formula is C56H33N5. The summed E-state index contributed by atoms with van der Waals surface area (Å²) in [5.74, 6) is 1.69. The maximum atomic E-state index is 7.98. The second-order valence-corrected chi connectivity index (χ2v) is 15.4. The molecule has 282 valence electrons. The zero-order chi connectivity index (χ0) is 40.4. The third-order valence-electron chi connectivity index (χ3n) is 12.0. The van der Waals surface area contributed by atoms with Crippen molar-refractivity contribution in [2.45, 2.75) is 0 Å². The third kappa shape index (κ3) is 5.51. The molecule has 0 amide bonds. The lowest BCUT2D eigenvalue weighted by atomic mass is 9.83. The SMILES string of the molecule is [C-]#[N+]c1ccc2c(c1)c1cc(-c3c4ccccc4c(-c4c5ccccc5cc5ccccc45)c4ccccc34)ccc1n2-c1nc(-c2ccccc2)nc(-c2ccccc2)n1. The van der Waals surface area contributed by atoms with Gasteiger partial charge in [0.2, 0.25) is 5.95 Å². The van der Waals surface area contributed by atoms with Crippen molar-refractivity contribution in [3.63, 3.8) is 0 Å². The van der Waals surface area contributed by atoms with Gasteiger partial charge in [-0.3, -0.25) is 4.57 Å². The van der Waals surface area contributed by atoms with Crippen LogP contribution in [0.15, 0.2) is 200 Å². The van der Waals surface area contributed by atoms with Crippen molar-refractivity contribution in [2.24, 2.45) is 0 Å². The van der Waals surface area contributed by atoms with E-state index in [0.29, 0.717) is 23.3 Å². The molecule has 5 nitrogen and oxygen atoms in total. The van der Waals surface area contributed by atoms with Gasteiger partial charge >= 0.3 is 0 Å². The molecule has 2 aromatic heterocycles. The summed E-state index contributed by atoms with van der Waals surface area (Å²) in [5, 5.41) is 11.6. The first-order valence-electron chi connectivity index (χ1n) is 20.4. The number of nitrogens with zero attached hydrogens (tertiary/aromatic N) is 5. The van der Waals surface area contributed by atoms with Crippen molar-refractivity contribution < 1.29 is 0 Å². The lowest BCUT2D eigenvalue weighted by Crippen LogP contribution is -2.06. The summed E-state index contributed by atoms with van der Waals surface area (Å²) in [7, 11) is 0. The molecule has 0 unspecified atom stereocenters. The van der Waals surface area contributed by atoms with Crippen LogP contribution in [-0.2, 0) is 0 Å². The lowest BCUT2D eigenvalue weighted by molar-refractivity contribution is 0.953. The van der Waals surface area contributed by atoms with E-state index in [1.807, 2.05) is 78.9 Å². The first-order valence-corrected chi connectivity index (χ1v) is 20.4. The molecule has 0 N–H and O–H groups in total. The molecule has 0 aliphatic heterocycles. The second kappa shape index (κ2) is 13.8. The predicted octanol–water partition coefficient (Wildman–Crippen LogP) is 14.8. The molecule has 61 heavy (non-hydrogen) atoms. The number of hydrogen-bond acceptors (Lipinski definition) is 3. The van der Waals surface area contributed by atoms with E-state index in [9.17, 15) is 0 Å². The normalized spacial score (nSPS) is 11.6. The second-order valence-electron chi connectivity index (χ2n) is 15.4. The lowest BCUT2D eigenvalue weighted by Gasteiger charge is -2.20. The summed E-state index contributed by atoms with van der Waals surface area (Å²) in [5.41, 5.74) is 8.98. The summed E-state index contributed by atoms with van der Waals surface area (Å²) in [6.07, 6.45) is 0. The Morgan fingerprint density at radius 3 is 1.33 bits per heavy atom. The molecule has 2 heterocycles. The third-order valence-corrected chi connectivity index (χ3v) is 12.0. The van der Waals surface area contributed by atoms with Crippen LogP contribution in [0.3, 0.4) is 0 Å². The van der Waals surface area contributed by atoms with Crippen molar-refractivity contribution in [3.8, 4) is 51.0 Å². The van der Waals surface area contributed by atoms with Crippen LogP contribution in [0.1, 0.15) is 0 Å². The average Bonchev–Trinajstić information content (AvgIpc) is 3.66. The molecule has 0 aliphatic rings. The van der Waals surface area contributed by atoms with Crippen LogP contribution >= 0.6 is 0 Å². The van der Waals surface area contributed by atoms with Gasteiger partial charge in [0.25, 0.3) is 0 Å². The van der Waals surface area contributed by atoms with Crippen molar-refractivity contribution in [1.82, 2.24) is 19.5 Å². The largest absolute Gasteiger partial charge is 0.278 e. The smallest absolute Gasteiger partial charge is 0.238 e. The van der Waals surface area contributed by atoms with E-state index in [1.165, 1.54) is 59.8 Å². The van der Waals surface area contributed by atoms with Crippen LogP contribution < -0.4 is 0 Å². The Bertz CT molecular complexity index is 3600. The van der Waals surface area contributed by atoms with Gasteiger partial charge in [0, 0.05) is 16.5 Å². The number of rotatable bonds is 5. The van der Waals surface area contributed by atoms with Crippen molar-refractivity contribution in [3.05, 3.63) is 212 Å². The maximum absolute atomic E-state index is 7.98. The Labute approximate surface area is 351 Å². The molecule has 0 aliphatic carbocycles. The highest BCUT2D eigenvalue weighted by Crippen LogP contribution is 2.48. The molecule has 0 fully saturated rings. The minimum absolute atomic E-state index is 0.513. The molecular weight excluding hydrogens is 743 g/mol. The van der Waals surface area contributed by atoms with Crippen LogP contribution in [0.4, 0.5) is 5.69 Å². The monoisotopic (exact) mass is 775 g/mol. The van der Waals surface area contributed by atoms with Gasteiger partial charge in [0.15, 0.2) is 17.3 Å². The van der Waals surface area contributed by atoms with Gasteiger partial charge in [-0.25, -0.2) is 9.83 Å². The molecule has 12 aromatic rings. The van der Waals surface area contributed by atoms with E-state index in [0.717, 1.165) is 38.5 Å². The zero-order valence-corrected chi connectivity index (χ0v) is 32.8. The number of benzene rings is 10. The summed E-state index contributed by atoms with van der Waals surface area (Å²) in [6, 6.07) is 70.2. The highest BCUT2D eigenvalue weighted by atomic mass is 15.2. The fourth-order valence-corrected chi connectivity index (χ4v) is 9.34. The number of fused-ring (bicyclic) bond motifs is 7. The van der Waals surface area contributed by atoms with E-state index >= 15 is 0 Å². The molecule has 10 aromatic carbocycles. The van der Waals surface area contributed by atoms with E-state index in [1.54, 1.807) is 0 Å². The quantitative estimate of drug-likeness (QED) is 0.129. The highest BCUT2D eigenvalue weighted by Gasteiger charge is 2.23. The molecule has 12 rings (SSSR count). The molecule has 0 bridgehead atoms. The van der Waals surface area contributed by atoms with Gasteiger partial charge < -0.3 is 0 Å². The van der Waals surface area contributed by atoms with Crippen LogP contribution in [0.2, 0.25) is 0 Å². The zero-order valence-electron chi connectivity index (χ0n) is 32.8. The predicted molar refractivity (Wildman–Crippen MR) is 252 cm³/mol. The Kier molecular flexibility index (Phi) is 7.84. The first-order chi connectivity index (χ1) is 30.2.